The third-order valence-electron chi connectivity index (χ3n) is 2.52. The van der Waals surface area contributed by atoms with E-state index in [9.17, 15) is 13.2 Å². The number of carboxylic acids is 1. The van der Waals surface area contributed by atoms with Gasteiger partial charge in [0, 0.05) is 13.6 Å². The average Bonchev–Trinajstić information content (AvgIpc) is 2.37. The van der Waals surface area contributed by atoms with Crippen LogP contribution in [0.25, 0.3) is 0 Å². The lowest BCUT2D eigenvalue weighted by Gasteiger charge is -2.17. The second-order valence-corrected chi connectivity index (χ2v) is 6.54. The normalized spacial score (nSPS) is 11.7. The molecule has 0 bridgehead atoms. The maximum atomic E-state index is 12.0. The SMILES string of the molecule is CC(C)Oc1ccc(NS(=O)(=O)N(C)CCC(=O)O)cc1. The summed E-state index contributed by atoms with van der Waals surface area (Å²) in [5.41, 5.74) is 0.383. The number of nitrogens with one attached hydrogen (secondary N) is 1. The molecule has 0 fully saturated rings. The van der Waals surface area contributed by atoms with Gasteiger partial charge in [0.05, 0.1) is 18.2 Å². The number of rotatable bonds is 8. The summed E-state index contributed by atoms with van der Waals surface area (Å²) in [5, 5.41) is 8.56. The van der Waals surface area contributed by atoms with Gasteiger partial charge >= 0.3 is 16.2 Å². The number of ether oxygens (including phenoxy) is 1. The second-order valence-electron chi connectivity index (χ2n) is 4.76. The van der Waals surface area contributed by atoms with Gasteiger partial charge in [0.2, 0.25) is 0 Å². The Bertz CT molecular complexity index is 569. The highest BCUT2D eigenvalue weighted by atomic mass is 32.2. The zero-order valence-electron chi connectivity index (χ0n) is 12.2. The van der Waals surface area contributed by atoms with Gasteiger partial charge in [-0.2, -0.15) is 12.7 Å². The molecule has 0 radical (unpaired) electrons. The van der Waals surface area contributed by atoms with E-state index in [1.165, 1.54) is 7.05 Å². The summed E-state index contributed by atoms with van der Waals surface area (Å²) >= 11 is 0. The summed E-state index contributed by atoms with van der Waals surface area (Å²) in [4.78, 5) is 10.5. The predicted molar refractivity (Wildman–Crippen MR) is 79.6 cm³/mol. The van der Waals surface area contributed by atoms with Gasteiger partial charge in [-0.05, 0) is 38.1 Å². The monoisotopic (exact) mass is 316 g/mol. The minimum absolute atomic E-state index is 0.0368. The Kier molecular flexibility index (Phi) is 5.98. The van der Waals surface area contributed by atoms with Crippen molar-refractivity contribution in [1.29, 1.82) is 0 Å². The highest BCUT2D eigenvalue weighted by molar-refractivity contribution is 7.90. The van der Waals surface area contributed by atoms with Gasteiger partial charge in [0.25, 0.3) is 0 Å². The van der Waals surface area contributed by atoms with Gasteiger partial charge in [-0.1, -0.05) is 0 Å². The van der Waals surface area contributed by atoms with Crippen molar-refractivity contribution in [3.8, 4) is 5.75 Å². The van der Waals surface area contributed by atoms with Crippen molar-refractivity contribution >= 4 is 21.9 Å². The molecule has 0 saturated heterocycles. The highest BCUT2D eigenvalue weighted by Gasteiger charge is 2.18. The number of hydrogen-bond acceptors (Lipinski definition) is 4. The molecule has 1 aromatic carbocycles. The molecule has 0 spiro atoms. The quantitative estimate of drug-likeness (QED) is 0.758. The van der Waals surface area contributed by atoms with Crippen LogP contribution in [-0.4, -0.2) is 43.5 Å². The Labute approximate surface area is 124 Å². The fraction of sp³-hybridized carbons (Fsp3) is 0.462. The van der Waals surface area contributed by atoms with Crippen LogP contribution in [0.15, 0.2) is 24.3 Å². The second kappa shape index (κ2) is 7.28. The van der Waals surface area contributed by atoms with E-state index in [0.717, 1.165) is 4.31 Å². The van der Waals surface area contributed by atoms with Crippen molar-refractivity contribution in [1.82, 2.24) is 4.31 Å². The highest BCUT2D eigenvalue weighted by Crippen LogP contribution is 2.18. The van der Waals surface area contributed by atoms with E-state index >= 15 is 0 Å². The van der Waals surface area contributed by atoms with Crippen LogP contribution in [-0.2, 0) is 15.0 Å². The standard InChI is InChI=1S/C13H20N2O5S/c1-10(2)20-12-6-4-11(5-7-12)14-21(18,19)15(3)9-8-13(16)17/h4-7,10,14H,8-9H2,1-3H3,(H,16,17). The van der Waals surface area contributed by atoms with E-state index in [2.05, 4.69) is 4.72 Å². The fourth-order valence-electron chi connectivity index (χ4n) is 1.47. The summed E-state index contributed by atoms with van der Waals surface area (Å²) in [6, 6.07) is 6.49. The first kappa shape index (κ1) is 17.3. The fourth-order valence-corrected chi connectivity index (χ4v) is 2.40. The van der Waals surface area contributed by atoms with E-state index in [1.807, 2.05) is 13.8 Å². The van der Waals surface area contributed by atoms with Gasteiger partial charge in [0.15, 0.2) is 0 Å². The molecule has 21 heavy (non-hydrogen) atoms. The summed E-state index contributed by atoms with van der Waals surface area (Å²) < 4.78 is 32.7. The third-order valence-corrected chi connectivity index (χ3v) is 4.02. The summed E-state index contributed by atoms with van der Waals surface area (Å²) in [7, 11) is -2.44. The lowest BCUT2D eigenvalue weighted by Crippen LogP contribution is -2.34. The maximum Gasteiger partial charge on any atom is 0.304 e. The minimum atomic E-state index is -3.77. The van der Waals surface area contributed by atoms with Crippen LogP contribution in [0.3, 0.4) is 0 Å². The number of aliphatic carboxylic acids is 1. The summed E-state index contributed by atoms with van der Waals surface area (Å²) in [6.45, 7) is 3.70. The van der Waals surface area contributed by atoms with Crippen LogP contribution in [0, 0.1) is 0 Å². The first-order valence-electron chi connectivity index (χ1n) is 6.43. The largest absolute Gasteiger partial charge is 0.491 e. The molecule has 1 aromatic rings. The molecule has 0 heterocycles. The Morgan fingerprint density at radius 3 is 2.38 bits per heavy atom. The van der Waals surface area contributed by atoms with Crippen molar-refractivity contribution < 1.29 is 23.1 Å². The first-order chi connectivity index (χ1) is 9.70. The molecule has 0 aliphatic rings. The van der Waals surface area contributed by atoms with E-state index in [0.29, 0.717) is 11.4 Å². The van der Waals surface area contributed by atoms with E-state index in [4.69, 9.17) is 9.84 Å². The molecule has 1 rings (SSSR count). The minimum Gasteiger partial charge on any atom is -0.491 e. The Balaban J connectivity index is 2.68. The first-order valence-corrected chi connectivity index (χ1v) is 7.87. The number of benzene rings is 1. The molecule has 0 unspecified atom stereocenters. The Morgan fingerprint density at radius 1 is 1.33 bits per heavy atom. The van der Waals surface area contributed by atoms with Crippen LogP contribution >= 0.6 is 0 Å². The van der Waals surface area contributed by atoms with Gasteiger partial charge < -0.3 is 9.84 Å². The van der Waals surface area contributed by atoms with Gasteiger partial charge in [-0.3, -0.25) is 9.52 Å². The molecule has 118 valence electrons. The molecule has 0 aliphatic carbocycles. The van der Waals surface area contributed by atoms with Crippen LogP contribution in [0.1, 0.15) is 20.3 Å². The number of carbonyl (C=O) groups is 1. The van der Waals surface area contributed by atoms with Crippen LogP contribution < -0.4 is 9.46 Å². The van der Waals surface area contributed by atoms with E-state index in [-0.39, 0.29) is 19.1 Å². The van der Waals surface area contributed by atoms with E-state index in [1.54, 1.807) is 24.3 Å². The molecule has 0 aliphatic heterocycles. The van der Waals surface area contributed by atoms with Crippen molar-refractivity contribution in [3.05, 3.63) is 24.3 Å². The lowest BCUT2D eigenvalue weighted by atomic mass is 10.3. The van der Waals surface area contributed by atoms with Gasteiger partial charge in [-0.25, -0.2) is 0 Å². The topological polar surface area (TPSA) is 95.9 Å². The predicted octanol–water partition coefficient (Wildman–Crippen LogP) is 1.54. The molecule has 0 atom stereocenters. The summed E-state index contributed by atoms with van der Waals surface area (Å²) in [6.07, 6.45) is -0.215. The zero-order valence-corrected chi connectivity index (χ0v) is 13.1. The Hall–Kier alpha value is -1.80. The smallest absolute Gasteiger partial charge is 0.304 e. The van der Waals surface area contributed by atoms with Crippen molar-refractivity contribution in [3.63, 3.8) is 0 Å². The van der Waals surface area contributed by atoms with Crippen LogP contribution in [0.2, 0.25) is 0 Å². The lowest BCUT2D eigenvalue weighted by molar-refractivity contribution is -0.137. The molecule has 7 nitrogen and oxygen atoms in total. The van der Waals surface area contributed by atoms with Gasteiger partial charge in [-0.15, -0.1) is 0 Å². The average molecular weight is 316 g/mol. The molecular weight excluding hydrogens is 296 g/mol. The number of hydrogen-bond donors (Lipinski definition) is 2. The van der Waals surface area contributed by atoms with Crippen molar-refractivity contribution in [2.24, 2.45) is 0 Å². The third kappa shape index (κ3) is 6.01. The van der Waals surface area contributed by atoms with Crippen molar-refractivity contribution in [2.75, 3.05) is 18.3 Å². The molecule has 8 heteroatoms. The Morgan fingerprint density at radius 2 is 1.90 bits per heavy atom. The number of nitrogens with zero attached hydrogens (tertiary/aromatic N) is 1. The molecule has 2 N–H and O–H groups in total. The number of carboxylic acid groups (broad SMARTS) is 1. The van der Waals surface area contributed by atoms with E-state index < -0.39 is 16.2 Å². The molecule has 0 amide bonds. The summed E-state index contributed by atoms with van der Waals surface area (Å²) in [5.74, 6) is -0.403. The molecule has 0 saturated carbocycles. The van der Waals surface area contributed by atoms with Crippen LogP contribution in [0.4, 0.5) is 5.69 Å². The van der Waals surface area contributed by atoms with Crippen LogP contribution in [0.5, 0.6) is 5.75 Å². The van der Waals surface area contributed by atoms with Gasteiger partial charge in [0.1, 0.15) is 5.75 Å². The maximum absolute atomic E-state index is 12.0. The molecular formula is C13H20N2O5S. The van der Waals surface area contributed by atoms with Crippen molar-refractivity contribution in [2.45, 2.75) is 26.4 Å². The number of anilines is 1. The zero-order chi connectivity index (χ0) is 16.0. The molecule has 0 aromatic heterocycles.